The van der Waals surface area contributed by atoms with Crippen molar-refractivity contribution in [3.8, 4) is 11.6 Å². The molecule has 2 aromatic carbocycles. The van der Waals surface area contributed by atoms with Crippen LogP contribution in [0.2, 0.25) is 0 Å². The third-order valence-electron chi connectivity index (χ3n) is 3.78. The lowest BCUT2D eigenvalue weighted by molar-refractivity contribution is 0.318. The minimum Gasteiger partial charge on any atom is -0.439 e. The molecule has 3 heteroatoms. The number of rotatable bonds is 6. The summed E-state index contributed by atoms with van der Waals surface area (Å²) < 4.78 is 5.80. The van der Waals surface area contributed by atoms with Crippen LogP contribution < -0.4 is 4.74 Å². The summed E-state index contributed by atoms with van der Waals surface area (Å²) in [6, 6.07) is 22.5. The largest absolute Gasteiger partial charge is 0.439 e. The predicted molar refractivity (Wildman–Crippen MR) is 97.1 cm³/mol. The maximum Gasteiger partial charge on any atom is 0.219 e. The third kappa shape index (κ3) is 4.67. The van der Waals surface area contributed by atoms with Crippen LogP contribution in [0.1, 0.15) is 16.7 Å². The van der Waals surface area contributed by atoms with Crippen LogP contribution >= 0.6 is 0 Å². The van der Waals surface area contributed by atoms with Crippen LogP contribution in [-0.4, -0.2) is 16.9 Å². The summed E-state index contributed by atoms with van der Waals surface area (Å²) in [7, 11) is 2.13. The van der Waals surface area contributed by atoms with Crippen molar-refractivity contribution in [3.05, 3.63) is 89.6 Å². The summed E-state index contributed by atoms with van der Waals surface area (Å²) in [5.41, 5.74) is 3.84. The maximum absolute atomic E-state index is 5.80. The highest BCUT2D eigenvalue weighted by Gasteiger charge is 2.04. The molecule has 1 heterocycles. The van der Waals surface area contributed by atoms with Crippen LogP contribution in [0, 0.1) is 6.92 Å². The van der Waals surface area contributed by atoms with Crippen LogP contribution in [0.5, 0.6) is 11.6 Å². The quantitative estimate of drug-likeness (QED) is 0.652. The first-order valence-electron chi connectivity index (χ1n) is 8.11. The predicted octanol–water partition coefficient (Wildman–Crippen LogP) is 4.81. The first-order chi connectivity index (χ1) is 11.7. The molecule has 1 aromatic heterocycles. The maximum atomic E-state index is 5.80. The Kier molecular flexibility index (Phi) is 5.24. The molecule has 3 nitrogen and oxygen atoms in total. The van der Waals surface area contributed by atoms with Crippen molar-refractivity contribution in [2.45, 2.75) is 20.0 Å². The van der Waals surface area contributed by atoms with Gasteiger partial charge in [-0.1, -0.05) is 48.0 Å². The number of hydrogen-bond acceptors (Lipinski definition) is 3. The molecule has 0 bridgehead atoms. The first kappa shape index (κ1) is 16.2. The number of pyridine rings is 1. The van der Waals surface area contributed by atoms with Gasteiger partial charge in [-0.3, -0.25) is 4.90 Å². The molecule has 0 N–H and O–H groups in total. The zero-order chi connectivity index (χ0) is 16.8. The molecule has 0 aliphatic rings. The van der Waals surface area contributed by atoms with E-state index in [9.17, 15) is 0 Å². The number of hydrogen-bond donors (Lipinski definition) is 0. The molecule has 0 saturated heterocycles. The molecule has 0 saturated carbocycles. The van der Waals surface area contributed by atoms with Crippen LogP contribution in [0.25, 0.3) is 0 Å². The molecule has 0 fully saturated rings. The molecule has 3 aromatic rings. The lowest BCUT2D eigenvalue weighted by Gasteiger charge is -2.17. The fourth-order valence-electron chi connectivity index (χ4n) is 2.61. The number of nitrogens with zero attached hydrogens (tertiary/aromatic N) is 2. The van der Waals surface area contributed by atoms with Gasteiger partial charge in [-0.25, -0.2) is 4.98 Å². The average molecular weight is 318 g/mol. The Balaban J connectivity index is 1.62. The summed E-state index contributed by atoms with van der Waals surface area (Å²) in [5, 5.41) is 0. The van der Waals surface area contributed by atoms with E-state index in [-0.39, 0.29) is 0 Å². The van der Waals surface area contributed by atoms with Gasteiger partial charge in [0.05, 0.1) is 0 Å². The van der Waals surface area contributed by atoms with Gasteiger partial charge in [0.2, 0.25) is 5.88 Å². The second-order valence-electron chi connectivity index (χ2n) is 6.08. The van der Waals surface area contributed by atoms with E-state index < -0.39 is 0 Å². The van der Waals surface area contributed by atoms with Gasteiger partial charge in [0.1, 0.15) is 5.75 Å². The Morgan fingerprint density at radius 2 is 1.67 bits per heavy atom. The van der Waals surface area contributed by atoms with E-state index >= 15 is 0 Å². The van der Waals surface area contributed by atoms with Crippen molar-refractivity contribution in [3.63, 3.8) is 0 Å². The number of ether oxygens (including phenoxy) is 1. The van der Waals surface area contributed by atoms with E-state index in [2.05, 4.69) is 60.3 Å². The van der Waals surface area contributed by atoms with Crippen LogP contribution in [0.4, 0.5) is 0 Å². The molecular formula is C21H22N2O. The standard InChI is InChI=1S/C21H22N2O/c1-17-9-11-18(12-10-17)15-23(2)16-19-6-5-7-20(14-19)24-21-8-3-4-13-22-21/h3-14H,15-16H2,1-2H3. The van der Waals surface area contributed by atoms with Gasteiger partial charge in [0, 0.05) is 25.4 Å². The van der Waals surface area contributed by atoms with Gasteiger partial charge < -0.3 is 4.74 Å². The highest BCUT2D eigenvalue weighted by Crippen LogP contribution is 2.21. The molecule has 0 aliphatic carbocycles. The van der Waals surface area contributed by atoms with E-state index in [1.54, 1.807) is 6.20 Å². The molecule has 0 radical (unpaired) electrons. The second-order valence-corrected chi connectivity index (χ2v) is 6.08. The molecule has 0 amide bonds. The second kappa shape index (κ2) is 7.75. The zero-order valence-electron chi connectivity index (χ0n) is 14.1. The van der Waals surface area contributed by atoms with Gasteiger partial charge in [-0.2, -0.15) is 0 Å². The summed E-state index contributed by atoms with van der Waals surface area (Å²) in [6.45, 7) is 3.90. The van der Waals surface area contributed by atoms with Crippen molar-refractivity contribution < 1.29 is 4.74 Å². The minimum absolute atomic E-state index is 0.614. The Hall–Kier alpha value is -2.65. The number of aromatic nitrogens is 1. The minimum atomic E-state index is 0.614. The fourth-order valence-corrected chi connectivity index (χ4v) is 2.61. The zero-order valence-corrected chi connectivity index (χ0v) is 14.1. The van der Waals surface area contributed by atoms with Crippen molar-refractivity contribution >= 4 is 0 Å². The van der Waals surface area contributed by atoms with E-state index in [1.807, 2.05) is 30.3 Å². The molecule has 0 unspecified atom stereocenters. The summed E-state index contributed by atoms with van der Waals surface area (Å²) in [5.74, 6) is 1.43. The Morgan fingerprint density at radius 1 is 0.875 bits per heavy atom. The monoisotopic (exact) mass is 318 g/mol. The highest BCUT2D eigenvalue weighted by molar-refractivity contribution is 5.31. The van der Waals surface area contributed by atoms with E-state index in [0.29, 0.717) is 5.88 Å². The van der Waals surface area contributed by atoms with Crippen molar-refractivity contribution in [1.29, 1.82) is 0 Å². The summed E-state index contributed by atoms with van der Waals surface area (Å²) >= 11 is 0. The van der Waals surface area contributed by atoms with Crippen LogP contribution in [-0.2, 0) is 13.1 Å². The molecule has 24 heavy (non-hydrogen) atoms. The van der Waals surface area contributed by atoms with Gasteiger partial charge in [-0.15, -0.1) is 0 Å². The fraction of sp³-hybridized carbons (Fsp3) is 0.190. The van der Waals surface area contributed by atoms with E-state index in [1.165, 1.54) is 16.7 Å². The average Bonchev–Trinajstić information content (AvgIpc) is 2.58. The van der Waals surface area contributed by atoms with Gasteiger partial charge in [0.25, 0.3) is 0 Å². The van der Waals surface area contributed by atoms with Crippen LogP contribution in [0.3, 0.4) is 0 Å². The number of aryl methyl sites for hydroxylation is 1. The molecule has 0 atom stereocenters. The van der Waals surface area contributed by atoms with Gasteiger partial charge >= 0.3 is 0 Å². The molecule has 3 rings (SSSR count). The number of benzene rings is 2. The van der Waals surface area contributed by atoms with Crippen molar-refractivity contribution in [1.82, 2.24) is 9.88 Å². The van der Waals surface area contributed by atoms with Gasteiger partial charge in [0.15, 0.2) is 0 Å². The Labute approximate surface area is 143 Å². The summed E-state index contributed by atoms with van der Waals surface area (Å²) in [6.07, 6.45) is 1.73. The normalized spacial score (nSPS) is 10.8. The lowest BCUT2D eigenvalue weighted by atomic mass is 10.1. The van der Waals surface area contributed by atoms with Crippen LogP contribution in [0.15, 0.2) is 72.9 Å². The molecule has 122 valence electrons. The smallest absolute Gasteiger partial charge is 0.219 e. The molecule has 0 aliphatic heterocycles. The SMILES string of the molecule is Cc1ccc(CN(C)Cc2cccc(Oc3ccccn3)c2)cc1. The third-order valence-corrected chi connectivity index (χ3v) is 3.78. The summed E-state index contributed by atoms with van der Waals surface area (Å²) in [4.78, 5) is 6.49. The first-order valence-corrected chi connectivity index (χ1v) is 8.11. The van der Waals surface area contributed by atoms with Crippen molar-refractivity contribution in [2.75, 3.05) is 7.05 Å². The highest BCUT2D eigenvalue weighted by atomic mass is 16.5. The lowest BCUT2D eigenvalue weighted by Crippen LogP contribution is -2.17. The Morgan fingerprint density at radius 3 is 2.42 bits per heavy atom. The topological polar surface area (TPSA) is 25.4 Å². The van der Waals surface area contributed by atoms with Crippen molar-refractivity contribution in [2.24, 2.45) is 0 Å². The molecular weight excluding hydrogens is 296 g/mol. The van der Waals surface area contributed by atoms with E-state index in [4.69, 9.17) is 4.74 Å². The van der Waals surface area contributed by atoms with E-state index in [0.717, 1.165) is 18.8 Å². The molecule has 0 spiro atoms. The van der Waals surface area contributed by atoms with Gasteiger partial charge in [-0.05, 0) is 43.3 Å². The Bertz CT molecular complexity index is 769.